The lowest BCUT2D eigenvalue weighted by atomic mass is 9.83. The molecule has 0 aliphatic rings. The van der Waals surface area contributed by atoms with Gasteiger partial charge in [-0.3, -0.25) is 9.59 Å². The van der Waals surface area contributed by atoms with Crippen LogP contribution >= 0.6 is 23.2 Å². The number of aryl methyl sites for hydroxylation is 1. The zero-order valence-corrected chi connectivity index (χ0v) is 41.4. The van der Waals surface area contributed by atoms with E-state index in [1.165, 1.54) is 27.7 Å². The normalized spacial score (nSPS) is 12.2. The topological polar surface area (TPSA) is 103 Å². The third-order valence-electron chi connectivity index (χ3n) is 11.7. The van der Waals surface area contributed by atoms with Crippen LogP contribution < -0.4 is 9.47 Å². The van der Waals surface area contributed by atoms with Gasteiger partial charge in [0.05, 0.1) is 19.6 Å². The summed E-state index contributed by atoms with van der Waals surface area (Å²) in [7, 11) is 3.31. The summed E-state index contributed by atoms with van der Waals surface area (Å²) in [4.78, 5) is 25.7. The van der Waals surface area contributed by atoms with E-state index in [4.69, 9.17) is 32.7 Å². The first-order valence-corrected chi connectivity index (χ1v) is 22.8. The standard InChI is InChI=1S/C27H32ClNO4.C27H36ClNO2.CH4/c1-26(2,3)15-23(30)24-20-13-19(33-6)11-12-21(20)29(16-17-7-9-18(28)10-8-17)22(24)14-27(4,5)25(31)32;1-26(2,3)14-13-22-23-15-21(31-6)11-12-24(23)29(25(22)16-27(4,5)18-30)17-19-7-9-20(28)10-8-19;/h7-13H,14-16H2,1-6H3,(H,31,32);7-12,15,30H,13-14,16-18H2,1-6H3;1H4. The van der Waals surface area contributed by atoms with Crippen LogP contribution in [0.5, 0.6) is 11.5 Å². The smallest absolute Gasteiger partial charge is 0.309 e. The minimum Gasteiger partial charge on any atom is -0.497 e. The fourth-order valence-corrected chi connectivity index (χ4v) is 8.30. The second-order valence-electron chi connectivity index (χ2n) is 21.0. The minimum atomic E-state index is -1.05. The van der Waals surface area contributed by atoms with Crippen molar-refractivity contribution in [2.45, 2.75) is 122 Å². The second-order valence-corrected chi connectivity index (χ2v) is 21.9. The van der Waals surface area contributed by atoms with Crippen molar-refractivity contribution in [3.8, 4) is 11.5 Å². The average Bonchev–Trinajstić information content (AvgIpc) is 3.66. The summed E-state index contributed by atoms with van der Waals surface area (Å²) in [5.41, 5.74) is 7.09. The van der Waals surface area contributed by atoms with Gasteiger partial charge < -0.3 is 28.8 Å². The Morgan fingerprint density at radius 3 is 1.52 bits per heavy atom. The number of hydrogen-bond donors (Lipinski definition) is 2. The zero-order chi connectivity index (χ0) is 47.4. The molecule has 65 heavy (non-hydrogen) atoms. The lowest BCUT2D eigenvalue weighted by Gasteiger charge is -2.25. The van der Waals surface area contributed by atoms with Gasteiger partial charge in [0.15, 0.2) is 5.78 Å². The van der Waals surface area contributed by atoms with E-state index in [0.717, 1.165) is 58.7 Å². The molecule has 0 saturated heterocycles. The van der Waals surface area contributed by atoms with E-state index in [-0.39, 0.29) is 42.5 Å². The van der Waals surface area contributed by atoms with Crippen LogP contribution in [0.3, 0.4) is 0 Å². The van der Waals surface area contributed by atoms with Crippen molar-refractivity contribution in [1.82, 2.24) is 9.13 Å². The maximum Gasteiger partial charge on any atom is 0.309 e. The molecule has 0 fully saturated rings. The van der Waals surface area contributed by atoms with Gasteiger partial charge in [-0.25, -0.2) is 0 Å². The molecule has 10 heteroatoms. The van der Waals surface area contributed by atoms with Crippen LogP contribution in [-0.2, 0) is 37.1 Å². The summed E-state index contributed by atoms with van der Waals surface area (Å²) >= 11 is 12.2. The Morgan fingerprint density at radius 2 is 1.09 bits per heavy atom. The number of nitrogens with zero attached hydrogens (tertiary/aromatic N) is 2. The van der Waals surface area contributed by atoms with Crippen molar-refractivity contribution >= 4 is 56.8 Å². The number of aliphatic carboxylic acids is 1. The highest BCUT2D eigenvalue weighted by Crippen LogP contribution is 2.39. The Hall–Kier alpha value is -4.76. The zero-order valence-electron chi connectivity index (χ0n) is 39.9. The van der Waals surface area contributed by atoms with E-state index in [9.17, 15) is 19.8 Å². The number of aromatic nitrogens is 2. The molecular weight excluding hydrogens is 856 g/mol. The van der Waals surface area contributed by atoms with E-state index in [1.807, 2.05) is 81.4 Å². The van der Waals surface area contributed by atoms with Crippen LogP contribution in [0, 0.1) is 21.7 Å². The van der Waals surface area contributed by atoms with E-state index in [0.29, 0.717) is 29.3 Å². The Morgan fingerprint density at radius 1 is 0.631 bits per heavy atom. The Kier molecular flexibility index (Phi) is 17.3. The molecule has 0 radical (unpaired) electrons. The highest BCUT2D eigenvalue weighted by Gasteiger charge is 2.34. The number of ether oxygens (including phenoxy) is 2. The van der Waals surface area contributed by atoms with Crippen LogP contribution in [0.1, 0.15) is 128 Å². The van der Waals surface area contributed by atoms with Gasteiger partial charge in [0.1, 0.15) is 11.5 Å². The predicted molar refractivity (Wildman–Crippen MR) is 271 cm³/mol. The van der Waals surface area contributed by atoms with E-state index < -0.39 is 11.4 Å². The number of halogens is 2. The van der Waals surface area contributed by atoms with Gasteiger partial charge in [-0.05, 0) is 127 Å². The molecule has 8 nitrogen and oxygen atoms in total. The number of fused-ring (bicyclic) bond motifs is 2. The van der Waals surface area contributed by atoms with Crippen molar-refractivity contribution in [1.29, 1.82) is 0 Å². The Bertz CT molecular complexity index is 2570. The third-order valence-corrected chi connectivity index (χ3v) is 12.2. The van der Waals surface area contributed by atoms with E-state index in [2.05, 4.69) is 68.0 Å². The Labute approximate surface area is 397 Å². The second kappa shape index (κ2) is 21.3. The minimum absolute atomic E-state index is 0. The number of aliphatic hydroxyl groups excluding tert-OH is 1. The van der Waals surface area contributed by atoms with Crippen LogP contribution in [0.4, 0.5) is 0 Å². The molecule has 6 rings (SSSR count). The SMILES string of the molecule is C.COc1ccc2c(c1)c(C(=O)CC(C)(C)C)c(CC(C)(C)C(=O)O)n2Cc1ccc(Cl)cc1.COc1ccc2c(c1)c(CCC(C)(C)C)c(CC(C)(C)CO)n2Cc1ccc(Cl)cc1. The lowest BCUT2D eigenvalue weighted by molar-refractivity contribution is -0.146. The molecule has 4 aromatic carbocycles. The molecule has 0 bridgehead atoms. The monoisotopic (exact) mass is 926 g/mol. The van der Waals surface area contributed by atoms with Gasteiger partial charge >= 0.3 is 5.97 Å². The number of ketones is 1. The van der Waals surface area contributed by atoms with Crippen molar-refractivity contribution in [3.05, 3.63) is 129 Å². The maximum absolute atomic E-state index is 13.6. The molecule has 0 atom stereocenters. The number of aliphatic hydroxyl groups is 1. The van der Waals surface area contributed by atoms with Crippen molar-refractivity contribution in [3.63, 3.8) is 0 Å². The average molecular weight is 928 g/mol. The number of methoxy groups -OCH3 is 2. The number of carboxylic acids is 1. The molecule has 0 unspecified atom stereocenters. The molecule has 2 heterocycles. The summed E-state index contributed by atoms with van der Waals surface area (Å²) in [6, 6.07) is 27.7. The number of carbonyl (C=O) groups excluding carboxylic acids is 1. The largest absolute Gasteiger partial charge is 0.497 e. The fourth-order valence-electron chi connectivity index (χ4n) is 8.05. The molecule has 2 N–H and O–H groups in total. The molecule has 0 aliphatic carbocycles. The predicted octanol–water partition coefficient (Wildman–Crippen LogP) is 14.2. The van der Waals surface area contributed by atoms with Crippen LogP contribution in [-0.4, -0.2) is 51.9 Å². The first kappa shape index (κ1) is 52.9. The number of benzene rings is 4. The highest BCUT2D eigenvalue weighted by molar-refractivity contribution is 6.30. The fraction of sp³-hybridized carbons (Fsp3) is 0.455. The van der Waals surface area contributed by atoms with Crippen molar-refractivity contribution < 1.29 is 29.3 Å². The molecule has 0 spiro atoms. The molecular formula is C55H72Cl2N2O6. The van der Waals surface area contributed by atoms with Gasteiger partial charge in [-0.15, -0.1) is 0 Å². The van der Waals surface area contributed by atoms with Gasteiger partial charge in [0, 0.05) is 81.3 Å². The quantitative estimate of drug-likeness (QED) is 0.0937. The van der Waals surface area contributed by atoms with Gasteiger partial charge in [-0.2, -0.15) is 0 Å². The molecule has 352 valence electrons. The summed E-state index contributed by atoms with van der Waals surface area (Å²) in [6.07, 6.45) is 3.48. The maximum atomic E-state index is 13.6. The van der Waals surface area contributed by atoms with Crippen LogP contribution in [0.25, 0.3) is 21.8 Å². The van der Waals surface area contributed by atoms with Crippen LogP contribution in [0.15, 0.2) is 84.9 Å². The van der Waals surface area contributed by atoms with Gasteiger partial charge in [-0.1, -0.05) is 110 Å². The van der Waals surface area contributed by atoms with Crippen molar-refractivity contribution in [2.24, 2.45) is 21.7 Å². The molecule has 0 aliphatic heterocycles. The summed E-state index contributed by atoms with van der Waals surface area (Å²) < 4.78 is 15.5. The van der Waals surface area contributed by atoms with Gasteiger partial charge in [0.25, 0.3) is 0 Å². The van der Waals surface area contributed by atoms with Gasteiger partial charge in [0.2, 0.25) is 0 Å². The van der Waals surface area contributed by atoms with Crippen LogP contribution in [0.2, 0.25) is 10.0 Å². The first-order valence-electron chi connectivity index (χ1n) is 22.1. The molecule has 0 saturated carbocycles. The number of hydrogen-bond acceptors (Lipinski definition) is 5. The molecule has 6 aromatic rings. The summed E-state index contributed by atoms with van der Waals surface area (Å²) in [5, 5.41) is 23.3. The number of Topliss-reactive ketones (excluding diaryl/α,β-unsaturated/α-hetero) is 1. The van der Waals surface area contributed by atoms with E-state index in [1.54, 1.807) is 28.1 Å². The summed E-state index contributed by atoms with van der Waals surface area (Å²) in [5.74, 6) is 0.630. The van der Waals surface area contributed by atoms with Crippen molar-refractivity contribution in [2.75, 3.05) is 20.8 Å². The third kappa shape index (κ3) is 13.7. The number of rotatable bonds is 16. The summed E-state index contributed by atoms with van der Waals surface area (Å²) in [6.45, 7) is 22.0. The lowest BCUT2D eigenvalue weighted by Crippen LogP contribution is -2.28. The Balaban J connectivity index is 0.000000281. The molecule has 2 aromatic heterocycles. The highest BCUT2D eigenvalue weighted by atomic mass is 35.5. The number of carboxylic acid groups (broad SMARTS) is 1. The number of carbonyl (C=O) groups is 2. The first-order chi connectivity index (χ1) is 29.8. The van der Waals surface area contributed by atoms with E-state index >= 15 is 0 Å². The molecule has 0 amide bonds.